The van der Waals surface area contributed by atoms with Gasteiger partial charge in [-0.1, -0.05) is 0 Å². The SMILES string of the molecule is [Cd+2].[O]=[Mn]([O-])[O-]. The van der Waals surface area contributed by atoms with Crippen LogP contribution in [-0.2, 0) is 45.6 Å². The van der Waals surface area contributed by atoms with E-state index in [0.717, 1.165) is 0 Å². The van der Waals surface area contributed by atoms with Gasteiger partial charge in [-0.05, 0) is 0 Å². The zero-order valence-electron chi connectivity index (χ0n) is 2.31. The summed E-state index contributed by atoms with van der Waals surface area (Å²) >= 11 is -3.65. The van der Waals surface area contributed by atoms with Crippen LogP contribution in [0.25, 0.3) is 0 Å². The predicted molar refractivity (Wildman–Crippen MR) is 0.686 cm³/mol. The van der Waals surface area contributed by atoms with Gasteiger partial charge in [0.2, 0.25) is 0 Å². The minimum absolute atomic E-state index is 0. The van der Waals surface area contributed by atoms with Crippen LogP contribution in [0, 0.1) is 0 Å². The molecule has 0 heterocycles. The number of hydrogen-bond acceptors (Lipinski definition) is 3. The molecule has 5 heavy (non-hydrogen) atoms. The van der Waals surface area contributed by atoms with Gasteiger partial charge in [-0.25, -0.2) is 0 Å². The first-order chi connectivity index (χ1) is 1.73. The zero-order chi connectivity index (χ0) is 3.58. The van der Waals surface area contributed by atoms with E-state index in [4.69, 9.17) is 12.2 Å². The summed E-state index contributed by atoms with van der Waals surface area (Å²) in [4.78, 5) is 0. The molecule has 0 aliphatic carbocycles. The third kappa shape index (κ3) is 38.2. The van der Waals surface area contributed by atoms with Crippen molar-refractivity contribution in [3.05, 3.63) is 0 Å². The Kier molecular flexibility index (Phi) is 9.78. The van der Waals surface area contributed by atoms with E-state index in [0.29, 0.717) is 0 Å². The Bertz CT molecular complexity index is 29.9. The first-order valence-corrected chi connectivity index (χ1v) is 1.91. The van der Waals surface area contributed by atoms with Gasteiger partial charge < -0.3 is 0 Å². The van der Waals surface area contributed by atoms with Crippen molar-refractivity contribution in [1.29, 1.82) is 0 Å². The van der Waals surface area contributed by atoms with Crippen LogP contribution in [0.5, 0.6) is 0 Å². The second-order valence-corrected chi connectivity index (χ2v) is 0.779. The Balaban J connectivity index is 0. The first kappa shape index (κ1) is 9.48. The third-order valence-electron chi connectivity index (χ3n) is 0. The maximum absolute atomic E-state index is 8.52. The molecule has 0 aromatic carbocycles. The van der Waals surface area contributed by atoms with Crippen LogP contribution < -0.4 is 8.38 Å². The first-order valence-electron chi connectivity index (χ1n) is 0.463. The fourth-order valence-electron chi connectivity index (χ4n) is 0. The van der Waals surface area contributed by atoms with Crippen LogP contribution in [-0.4, -0.2) is 0 Å². The Morgan fingerprint density at radius 3 is 1.40 bits per heavy atom. The monoisotopic (exact) mass is 217 g/mol. The van der Waals surface area contributed by atoms with Crippen LogP contribution in [0.1, 0.15) is 0 Å². The molecule has 0 radical (unpaired) electrons. The molecular weight excluding hydrogens is 215 g/mol. The summed E-state index contributed by atoms with van der Waals surface area (Å²) in [6.45, 7) is 0. The van der Waals surface area contributed by atoms with Gasteiger partial charge in [0.15, 0.2) is 0 Å². The molecule has 0 unspecified atom stereocenters. The van der Waals surface area contributed by atoms with E-state index in [-0.39, 0.29) is 27.3 Å². The summed E-state index contributed by atoms with van der Waals surface area (Å²) in [7, 11) is 0. The van der Waals surface area contributed by atoms with E-state index in [9.17, 15) is 0 Å². The van der Waals surface area contributed by atoms with Crippen LogP contribution >= 0.6 is 0 Å². The summed E-state index contributed by atoms with van der Waals surface area (Å²) in [5, 5.41) is 0. The van der Waals surface area contributed by atoms with Crippen molar-refractivity contribution >= 4 is 0 Å². The quantitative estimate of drug-likeness (QED) is 0.420. The van der Waals surface area contributed by atoms with Gasteiger partial charge >= 0.3 is 54.0 Å². The molecule has 0 atom stereocenters. The van der Waals surface area contributed by atoms with E-state index in [1.165, 1.54) is 0 Å². The Labute approximate surface area is 53.9 Å². The van der Waals surface area contributed by atoms with E-state index in [1.54, 1.807) is 0 Å². The van der Waals surface area contributed by atoms with E-state index < -0.39 is 14.5 Å². The predicted octanol–water partition coefficient (Wildman–Crippen LogP) is -2.50. The van der Waals surface area contributed by atoms with Gasteiger partial charge in [0.1, 0.15) is 0 Å². The molecule has 0 aromatic heterocycles. The van der Waals surface area contributed by atoms with Crippen LogP contribution in [0.4, 0.5) is 0 Å². The minimum atomic E-state index is -3.65. The molecule has 3 nitrogen and oxygen atoms in total. The maximum atomic E-state index is 8.52. The summed E-state index contributed by atoms with van der Waals surface area (Å²) in [6, 6.07) is 0. The molecule has 5 heteroatoms. The van der Waals surface area contributed by atoms with Crippen molar-refractivity contribution in [2.75, 3.05) is 0 Å². The van der Waals surface area contributed by atoms with Crippen molar-refractivity contribution in [3.63, 3.8) is 0 Å². The molecule has 0 aliphatic heterocycles. The molecule has 0 N–H and O–H groups in total. The van der Waals surface area contributed by atoms with E-state index in [1.807, 2.05) is 0 Å². The molecule has 0 fully saturated rings. The van der Waals surface area contributed by atoms with Crippen molar-refractivity contribution < 1.29 is 54.0 Å². The second kappa shape index (κ2) is 5.16. The second-order valence-electron chi connectivity index (χ2n) is 0.189. The average molecular weight is 215 g/mol. The molecular formula is CdMnO3. The molecule has 0 aromatic rings. The fourth-order valence-corrected chi connectivity index (χ4v) is 0. The van der Waals surface area contributed by atoms with Gasteiger partial charge in [0.25, 0.3) is 0 Å². The Morgan fingerprint density at radius 1 is 1.40 bits per heavy atom. The number of hydrogen-bond donors (Lipinski definition) is 0. The Hall–Kier alpha value is 1.16. The fraction of sp³-hybridized carbons (Fsp3) is 0. The zero-order valence-corrected chi connectivity index (χ0v) is 7.53. The van der Waals surface area contributed by atoms with Gasteiger partial charge in [0.05, 0.1) is 0 Å². The number of rotatable bonds is 0. The summed E-state index contributed by atoms with van der Waals surface area (Å²) in [5.41, 5.74) is 0. The summed E-state index contributed by atoms with van der Waals surface area (Å²) in [5.74, 6) is 0. The molecule has 27 valence electrons. The van der Waals surface area contributed by atoms with Crippen LogP contribution in [0.15, 0.2) is 0 Å². The van der Waals surface area contributed by atoms with E-state index >= 15 is 0 Å². The Morgan fingerprint density at radius 2 is 1.40 bits per heavy atom. The van der Waals surface area contributed by atoms with Crippen molar-refractivity contribution in [1.82, 2.24) is 0 Å². The van der Waals surface area contributed by atoms with Crippen LogP contribution in [0.2, 0.25) is 0 Å². The normalized spacial score (nSPS) is 7.00. The molecule has 0 spiro atoms. The van der Waals surface area contributed by atoms with Crippen molar-refractivity contribution in [2.24, 2.45) is 0 Å². The molecule has 0 aliphatic rings. The third-order valence-corrected chi connectivity index (χ3v) is 0. The standard InChI is InChI=1S/Cd.Mn.3O/q+2;;;2*-1. The summed E-state index contributed by atoms with van der Waals surface area (Å²) < 4.78 is 25.6. The topological polar surface area (TPSA) is 63.2 Å². The van der Waals surface area contributed by atoms with Gasteiger partial charge in [-0.2, -0.15) is 0 Å². The van der Waals surface area contributed by atoms with E-state index in [2.05, 4.69) is 0 Å². The molecule has 0 rings (SSSR count). The van der Waals surface area contributed by atoms with Crippen molar-refractivity contribution in [2.45, 2.75) is 0 Å². The molecule has 0 saturated carbocycles. The molecule has 0 saturated heterocycles. The van der Waals surface area contributed by atoms with Crippen molar-refractivity contribution in [3.8, 4) is 0 Å². The summed E-state index contributed by atoms with van der Waals surface area (Å²) in [6.07, 6.45) is 0. The van der Waals surface area contributed by atoms with Gasteiger partial charge in [0, 0.05) is 0 Å². The average Bonchev–Trinajstić information content (AvgIpc) is 0.811. The van der Waals surface area contributed by atoms with Gasteiger partial charge in [-0.15, -0.1) is 0 Å². The van der Waals surface area contributed by atoms with Gasteiger partial charge in [-0.3, -0.25) is 0 Å². The molecule has 0 amide bonds. The molecule has 0 bridgehead atoms. The van der Waals surface area contributed by atoms with Crippen LogP contribution in [0.3, 0.4) is 0 Å².